The summed E-state index contributed by atoms with van der Waals surface area (Å²) in [5, 5.41) is 11.0. The zero-order valence-electron chi connectivity index (χ0n) is 16.1. The van der Waals surface area contributed by atoms with Crippen LogP contribution in [0.2, 0.25) is 0 Å². The van der Waals surface area contributed by atoms with Gasteiger partial charge in [0, 0.05) is 5.41 Å². The van der Waals surface area contributed by atoms with Gasteiger partial charge in [0.1, 0.15) is 12.4 Å². The van der Waals surface area contributed by atoms with Gasteiger partial charge in [-0.3, -0.25) is 0 Å². The highest BCUT2D eigenvalue weighted by molar-refractivity contribution is 5.32. The fraction of sp³-hybridized carbons (Fsp3) is 0.333. The second kappa shape index (κ2) is 9.40. The Morgan fingerprint density at radius 3 is 2.54 bits per heavy atom. The molecule has 0 saturated heterocycles. The molecule has 2 aromatic rings. The number of allylic oxidation sites excluding steroid dienone is 2. The van der Waals surface area contributed by atoms with Crippen LogP contribution in [0.5, 0.6) is 5.75 Å². The van der Waals surface area contributed by atoms with Crippen molar-refractivity contribution in [2.45, 2.75) is 46.3 Å². The maximum Gasteiger partial charge on any atom is 0.120 e. The van der Waals surface area contributed by atoms with Crippen molar-refractivity contribution in [1.82, 2.24) is 0 Å². The van der Waals surface area contributed by atoms with Crippen molar-refractivity contribution in [2.75, 3.05) is 0 Å². The number of hydrogen-bond donors (Lipinski definition) is 1. The van der Waals surface area contributed by atoms with E-state index in [1.807, 2.05) is 60.7 Å². The van der Waals surface area contributed by atoms with Crippen LogP contribution >= 0.6 is 0 Å². The largest absolute Gasteiger partial charge is 0.489 e. The van der Waals surface area contributed by atoms with Crippen molar-refractivity contribution in [3.05, 3.63) is 90.0 Å². The van der Waals surface area contributed by atoms with Crippen molar-refractivity contribution in [3.63, 3.8) is 0 Å². The standard InChI is InChI=1S/C24H30O2/c1-5-24(4,16-10-11-19(2)3)23(25)21-14-9-15-22(17-21)26-18-20-12-7-6-8-13-20/h5-9,11-15,17,23,25H,1,10,16,18H2,2-4H3. The van der Waals surface area contributed by atoms with Gasteiger partial charge in [-0.2, -0.15) is 0 Å². The van der Waals surface area contributed by atoms with Gasteiger partial charge in [0.15, 0.2) is 0 Å². The van der Waals surface area contributed by atoms with E-state index in [9.17, 15) is 5.11 Å². The third kappa shape index (κ3) is 5.60. The van der Waals surface area contributed by atoms with Crippen LogP contribution < -0.4 is 4.74 Å². The third-order valence-electron chi connectivity index (χ3n) is 4.75. The summed E-state index contributed by atoms with van der Waals surface area (Å²) < 4.78 is 5.90. The van der Waals surface area contributed by atoms with Crippen LogP contribution in [-0.4, -0.2) is 5.11 Å². The minimum absolute atomic E-state index is 0.385. The molecule has 0 fully saturated rings. The summed E-state index contributed by atoms with van der Waals surface area (Å²) in [6.45, 7) is 10.7. The van der Waals surface area contributed by atoms with Crippen LogP contribution in [-0.2, 0) is 6.61 Å². The molecule has 0 aliphatic heterocycles. The Hall–Kier alpha value is -2.32. The van der Waals surface area contributed by atoms with Crippen LogP contribution in [0.25, 0.3) is 0 Å². The molecule has 0 amide bonds. The number of aliphatic hydroxyl groups excluding tert-OH is 1. The first-order valence-electron chi connectivity index (χ1n) is 9.16. The van der Waals surface area contributed by atoms with Gasteiger partial charge < -0.3 is 9.84 Å². The molecule has 2 unspecified atom stereocenters. The summed E-state index contributed by atoms with van der Waals surface area (Å²) in [5.74, 6) is 0.765. The Bertz CT molecular complexity index is 729. The van der Waals surface area contributed by atoms with E-state index in [1.165, 1.54) is 5.57 Å². The zero-order chi connectivity index (χ0) is 19.0. The van der Waals surface area contributed by atoms with Crippen molar-refractivity contribution in [3.8, 4) is 5.75 Å². The third-order valence-corrected chi connectivity index (χ3v) is 4.75. The van der Waals surface area contributed by atoms with Gasteiger partial charge in [0.05, 0.1) is 6.10 Å². The second-order valence-corrected chi connectivity index (χ2v) is 7.28. The average molecular weight is 351 g/mol. The lowest BCUT2D eigenvalue weighted by Crippen LogP contribution is -2.23. The quantitative estimate of drug-likeness (QED) is 0.543. The molecule has 0 aromatic heterocycles. The zero-order valence-corrected chi connectivity index (χ0v) is 16.1. The fourth-order valence-corrected chi connectivity index (χ4v) is 2.92. The minimum Gasteiger partial charge on any atom is -0.489 e. The van der Waals surface area contributed by atoms with Crippen molar-refractivity contribution in [1.29, 1.82) is 0 Å². The van der Waals surface area contributed by atoms with Crippen molar-refractivity contribution in [2.24, 2.45) is 5.41 Å². The SMILES string of the molecule is C=CC(C)(CCC=C(C)C)C(O)c1cccc(OCc2ccccc2)c1. The molecule has 0 spiro atoms. The predicted octanol–water partition coefficient (Wildman–Crippen LogP) is 6.24. The highest BCUT2D eigenvalue weighted by Gasteiger charge is 2.30. The van der Waals surface area contributed by atoms with Crippen LogP contribution in [0.15, 0.2) is 78.9 Å². The van der Waals surface area contributed by atoms with Gasteiger partial charge in [0.2, 0.25) is 0 Å². The van der Waals surface area contributed by atoms with Crippen molar-refractivity contribution < 1.29 is 9.84 Å². The first-order valence-corrected chi connectivity index (χ1v) is 9.16. The topological polar surface area (TPSA) is 29.5 Å². The van der Waals surface area contributed by atoms with Gasteiger partial charge >= 0.3 is 0 Å². The molecule has 0 aliphatic rings. The molecule has 0 heterocycles. The highest BCUT2D eigenvalue weighted by atomic mass is 16.5. The van der Waals surface area contributed by atoms with E-state index in [2.05, 4.69) is 33.4 Å². The molecule has 2 heteroatoms. The second-order valence-electron chi connectivity index (χ2n) is 7.28. The van der Waals surface area contributed by atoms with E-state index in [-0.39, 0.29) is 5.41 Å². The van der Waals surface area contributed by atoms with Gasteiger partial charge in [0.25, 0.3) is 0 Å². The average Bonchev–Trinajstić information content (AvgIpc) is 2.66. The summed E-state index contributed by atoms with van der Waals surface area (Å²) in [4.78, 5) is 0. The molecular weight excluding hydrogens is 320 g/mol. The lowest BCUT2D eigenvalue weighted by molar-refractivity contribution is 0.0643. The Kier molecular flexibility index (Phi) is 7.23. The normalized spacial score (nSPS) is 14.2. The summed E-state index contributed by atoms with van der Waals surface area (Å²) in [6.07, 6.45) is 5.22. The summed E-state index contributed by atoms with van der Waals surface area (Å²) >= 11 is 0. The molecule has 0 bridgehead atoms. The number of ether oxygens (including phenoxy) is 1. The number of rotatable bonds is 9. The summed E-state index contributed by atoms with van der Waals surface area (Å²) in [7, 11) is 0. The fourth-order valence-electron chi connectivity index (χ4n) is 2.92. The van der Waals surface area contributed by atoms with E-state index < -0.39 is 6.10 Å². The van der Waals surface area contributed by atoms with Crippen LogP contribution in [0.3, 0.4) is 0 Å². The first-order chi connectivity index (χ1) is 12.4. The Balaban J connectivity index is 2.08. The first kappa shape index (κ1) is 20.0. The van der Waals surface area contributed by atoms with E-state index in [4.69, 9.17) is 4.74 Å². The van der Waals surface area contributed by atoms with Gasteiger partial charge in [-0.1, -0.05) is 67.1 Å². The summed E-state index contributed by atoms with van der Waals surface area (Å²) in [6, 6.07) is 17.8. The molecule has 2 aromatic carbocycles. The van der Waals surface area contributed by atoms with Crippen LogP contribution in [0.4, 0.5) is 0 Å². The molecule has 26 heavy (non-hydrogen) atoms. The molecule has 2 nitrogen and oxygen atoms in total. The van der Waals surface area contributed by atoms with E-state index in [0.717, 1.165) is 29.7 Å². The molecule has 2 rings (SSSR count). The highest BCUT2D eigenvalue weighted by Crippen LogP contribution is 2.40. The van der Waals surface area contributed by atoms with E-state index >= 15 is 0 Å². The summed E-state index contributed by atoms with van der Waals surface area (Å²) in [5.41, 5.74) is 2.89. The van der Waals surface area contributed by atoms with E-state index in [0.29, 0.717) is 6.61 Å². The van der Waals surface area contributed by atoms with Gasteiger partial charge in [-0.25, -0.2) is 0 Å². The Morgan fingerprint density at radius 2 is 1.88 bits per heavy atom. The van der Waals surface area contributed by atoms with Gasteiger partial charge in [-0.15, -0.1) is 6.58 Å². The molecule has 1 N–H and O–H groups in total. The molecular formula is C24H30O2. The lowest BCUT2D eigenvalue weighted by Gasteiger charge is -2.32. The number of benzene rings is 2. The number of hydrogen-bond acceptors (Lipinski definition) is 2. The maximum atomic E-state index is 11.0. The van der Waals surface area contributed by atoms with Crippen molar-refractivity contribution >= 4 is 0 Å². The predicted molar refractivity (Wildman–Crippen MR) is 109 cm³/mol. The monoisotopic (exact) mass is 350 g/mol. The van der Waals surface area contributed by atoms with E-state index in [1.54, 1.807) is 0 Å². The smallest absolute Gasteiger partial charge is 0.120 e. The molecule has 0 aliphatic carbocycles. The molecule has 2 atom stereocenters. The number of aliphatic hydroxyl groups is 1. The lowest BCUT2D eigenvalue weighted by atomic mass is 9.77. The molecule has 0 saturated carbocycles. The maximum absolute atomic E-state index is 11.0. The van der Waals surface area contributed by atoms with Crippen LogP contribution in [0.1, 0.15) is 50.8 Å². The molecule has 138 valence electrons. The van der Waals surface area contributed by atoms with Crippen LogP contribution in [0, 0.1) is 5.41 Å². The Morgan fingerprint density at radius 1 is 1.15 bits per heavy atom. The van der Waals surface area contributed by atoms with Gasteiger partial charge in [-0.05, 0) is 49.9 Å². The minimum atomic E-state index is -0.620. The Labute approximate surface area is 157 Å². The molecule has 0 radical (unpaired) electrons.